The van der Waals surface area contributed by atoms with Crippen molar-refractivity contribution in [2.45, 2.75) is 0 Å². The molecule has 138 valence electrons. The highest BCUT2D eigenvalue weighted by molar-refractivity contribution is 7.81. The van der Waals surface area contributed by atoms with E-state index in [1.807, 2.05) is 12.1 Å². The highest BCUT2D eigenvalue weighted by Crippen LogP contribution is 2.33. The molecule has 0 spiro atoms. The number of carboxylic acids is 1. The number of benzene rings is 3. The van der Waals surface area contributed by atoms with Gasteiger partial charge in [-0.3, -0.25) is 8.51 Å². The van der Waals surface area contributed by atoms with Crippen LogP contribution in [-0.2, 0) is 11.3 Å². The third-order valence-corrected chi connectivity index (χ3v) is 4.79. The SMILES string of the molecule is O=C(O)c1ccc(N(c2cccc(-c3cccc(Cl)c3)c2)S(=O)[O-])cc1O. The Morgan fingerprint density at radius 2 is 1.59 bits per heavy atom. The second-order valence-electron chi connectivity index (χ2n) is 5.58. The van der Waals surface area contributed by atoms with Gasteiger partial charge < -0.3 is 14.8 Å². The molecule has 0 heterocycles. The summed E-state index contributed by atoms with van der Waals surface area (Å²) in [6.07, 6.45) is 0. The summed E-state index contributed by atoms with van der Waals surface area (Å²) in [5.41, 5.74) is 1.67. The van der Waals surface area contributed by atoms with Crippen LogP contribution in [0.1, 0.15) is 10.4 Å². The number of nitrogens with zero attached hydrogens (tertiary/aromatic N) is 1. The number of halogens is 1. The van der Waals surface area contributed by atoms with Gasteiger partial charge in [-0.2, -0.15) is 0 Å². The lowest BCUT2D eigenvalue weighted by molar-refractivity contribution is 0.0694. The number of carbonyl (C=O) groups is 1. The summed E-state index contributed by atoms with van der Waals surface area (Å²) in [5, 5.41) is 19.4. The van der Waals surface area contributed by atoms with Gasteiger partial charge in [-0.25, -0.2) is 4.79 Å². The predicted octanol–water partition coefficient (Wildman–Crippen LogP) is 4.34. The summed E-state index contributed by atoms with van der Waals surface area (Å²) in [4.78, 5) is 11.0. The van der Waals surface area contributed by atoms with Crippen LogP contribution >= 0.6 is 11.6 Å². The largest absolute Gasteiger partial charge is 0.755 e. The Kier molecular flexibility index (Phi) is 5.46. The van der Waals surface area contributed by atoms with Crippen LogP contribution in [0.4, 0.5) is 11.4 Å². The van der Waals surface area contributed by atoms with Crippen LogP contribution in [0.2, 0.25) is 5.02 Å². The molecule has 2 N–H and O–H groups in total. The topological polar surface area (TPSA) is 101 Å². The zero-order chi connectivity index (χ0) is 19.6. The number of rotatable bonds is 5. The van der Waals surface area contributed by atoms with Gasteiger partial charge in [-0.15, -0.1) is 0 Å². The maximum absolute atomic E-state index is 11.8. The minimum absolute atomic E-state index is 0.106. The maximum atomic E-state index is 11.8. The Bertz CT molecular complexity index is 1040. The molecule has 3 aromatic rings. The van der Waals surface area contributed by atoms with Gasteiger partial charge in [0.1, 0.15) is 11.3 Å². The van der Waals surface area contributed by atoms with Crippen LogP contribution in [0.3, 0.4) is 0 Å². The molecule has 0 saturated carbocycles. The number of hydrogen-bond donors (Lipinski definition) is 2. The van der Waals surface area contributed by atoms with Crippen molar-refractivity contribution in [3.05, 3.63) is 77.3 Å². The quantitative estimate of drug-likeness (QED) is 0.618. The lowest BCUT2D eigenvalue weighted by Crippen LogP contribution is -2.19. The van der Waals surface area contributed by atoms with Crippen molar-refractivity contribution in [1.29, 1.82) is 0 Å². The van der Waals surface area contributed by atoms with Crippen molar-refractivity contribution < 1.29 is 23.8 Å². The maximum Gasteiger partial charge on any atom is 0.339 e. The minimum atomic E-state index is -2.70. The van der Waals surface area contributed by atoms with Crippen LogP contribution in [-0.4, -0.2) is 24.9 Å². The summed E-state index contributed by atoms with van der Waals surface area (Å²) in [6.45, 7) is 0. The van der Waals surface area contributed by atoms with E-state index in [1.165, 1.54) is 6.07 Å². The standard InChI is InChI=1S/C19H14ClNO5S/c20-14-5-1-3-12(9-14)13-4-2-6-15(10-13)21(27(25)26)16-7-8-17(19(23)24)18(22)11-16/h1-11,22H,(H,23,24)(H,25,26)/p-1. The van der Waals surface area contributed by atoms with Gasteiger partial charge in [0.05, 0.1) is 22.6 Å². The molecule has 8 heteroatoms. The molecule has 0 amide bonds. The van der Waals surface area contributed by atoms with E-state index in [2.05, 4.69) is 0 Å². The summed E-state index contributed by atoms with van der Waals surface area (Å²) < 4.78 is 24.6. The first kappa shape index (κ1) is 18.9. The van der Waals surface area contributed by atoms with Gasteiger partial charge in [0.25, 0.3) is 0 Å². The Hall–Kier alpha value is -2.87. The summed E-state index contributed by atoms with van der Waals surface area (Å²) >= 11 is 3.32. The highest BCUT2D eigenvalue weighted by Gasteiger charge is 2.16. The third-order valence-electron chi connectivity index (χ3n) is 3.83. The monoisotopic (exact) mass is 402 g/mol. The Balaban J connectivity index is 2.06. The summed E-state index contributed by atoms with van der Waals surface area (Å²) in [6, 6.07) is 17.4. The molecule has 0 aliphatic heterocycles. The number of anilines is 2. The molecule has 3 aromatic carbocycles. The Morgan fingerprint density at radius 3 is 2.19 bits per heavy atom. The lowest BCUT2D eigenvalue weighted by Gasteiger charge is -2.27. The first-order valence-electron chi connectivity index (χ1n) is 7.68. The molecule has 0 aliphatic rings. The molecular weight excluding hydrogens is 390 g/mol. The van der Waals surface area contributed by atoms with Crippen molar-refractivity contribution in [1.82, 2.24) is 0 Å². The van der Waals surface area contributed by atoms with Gasteiger partial charge in [-0.05, 0) is 47.5 Å². The fourth-order valence-corrected chi connectivity index (χ4v) is 3.39. The summed E-state index contributed by atoms with van der Waals surface area (Å²) in [7, 11) is 0. The van der Waals surface area contributed by atoms with E-state index >= 15 is 0 Å². The average Bonchev–Trinajstić information content (AvgIpc) is 2.61. The van der Waals surface area contributed by atoms with Crippen LogP contribution in [0, 0.1) is 0 Å². The van der Waals surface area contributed by atoms with Gasteiger partial charge in [0.2, 0.25) is 0 Å². The van der Waals surface area contributed by atoms with Gasteiger partial charge in [0, 0.05) is 11.1 Å². The molecule has 3 rings (SSSR count). The van der Waals surface area contributed by atoms with E-state index in [-0.39, 0.29) is 11.3 Å². The molecule has 0 saturated heterocycles. The van der Waals surface area contributed by atoms with Crippen molar-refractivity contribution in [3.8, 4) is 16.9 Å². The van der Waals surface area contributed by atoms with Crippen LogP contribution < -0.4 is 4.31 Å². The minimum Gasteiger partial charge on any atom is -0.755 e. The molecule has 0 bridgehead atoms. The molecule has 0 fully saturated rings. The second-order valence-corrected chi connectivity index (χ2v) is 6.81. The summed E-state index contributed by atoms with van der Waals surface area (Å²) in [5.74, 6) is -1.83. The molecule has 27 heavy (non-hydrogen) atoms. The zero-order valence-corrected chi connectivity index (χ0v) is 15.3. The first-order valence-corrected chi connectivity index (χ1v) is 9.09. The zero-order valence-electron chi connectivity index (χ0n) is 13.7. The molecule has 6 nitrogen and oxygen atoms in total. The van der Waals surface area contributed by atoms with E-state index in [9.17, 15) is 18.7 Å². The van der Waals surface area contributed by atoms with Gasteiger partial charge >= 0.3 is 5.97 Å². The van der Waals surface area contributed by atoms with Gasteiger partial charge in [-0.1, -0.05) is 35.9 Å². The van der Waals surface area contributed by atoms with E-state index in [0.29, 0.717) is 10.7 Å². The van der Waals surface area contributed by atoms with E-state index in [4.69, 9.17) is 16.7 Å². The van der Waals surface area contributed by atoms with E-state index < -0.39 is 23.0 Å². The molecule has 0 aromatic heterocycles. The fraction of sp³-hybridized carbons (Fsp3) is 0. The normalized spacial score (nSPS) is 11.8. The molecule has 1 atom stereocenters. The molecule has 0 aliphatic carbocycles. The van der Waals surface area contributed by atoms with Crippen molar-refractivity contribution in [2.75, 3.05) is 4.31 Å². The van der Waals surface area contributed by atoms with Gasteiger partial charge in [0.15, 0.2) is 0 Å². The fourth-order valence-electron chi connectivity index (χ4n) is 2.63. The van der Waals surface area contributed by atoms with Crippen molar-refractivity contribution >= 4 is 40.2 Å². The van der Waals surface area contributed by atoms with E-state index in [0.717, 1.165) is 27.6 Å². The molecule has 0 radical (unpaired) electrons. The first-order chi connectivity index (χ1) is 12.9. The lowest BCUT2D eigenvalue weighted by atomic mass is 10.1. The van der Waals surface area contributed by atoms with Crippen LogP contribution in [0.15, 0.2) is 66.7 Å². The predicted molar refractivity (Wildman–Crippen MR) is 103 cm³/mol. The second kappa shape index (κ2) is 7.79. The Morgan fingerprint density at radius 1 is 0.963 bits per heavy atom. The number of carboxylic acid groups (broad SMARTS) is 1. The molecular formula is C19H13ClNO5S-. The van der Waals surface area contributed by atoms with E-state index in [1.54, 1.807) is 36.4 Å². The number of aromatic hydroxyl groups is 1. The Labute approximate surface area is 162 Å². The van der Waals surface area contributed by atoms with Crippen LogP contribution in [0.5, 0.6) is 5.75 Å². The highest BCUT2D eigenvalue weighted by atomic mass is 35.5. The van der Waals surface area contributed by atoms with Crippen molar-refractivity contribution in [2.24, 2.45) is 0 Å². The van der Waals surface area contributed by atoms with Crippen molar-refractivity contribution in [3.63, 3.8) is 0 Å². The average molecular weight is 403 g/mol. The number of hydrogen-bond acceptors (Lipinski definition) is 4. The third kappa shape index (κ3) is 4.11. The number of aromatic carboxylic acids is 1. The number of phenols is 1. The molecule has 1 unspecified atom stereocenters. The van der Waals surface area contributed by atoms with Crippen LogP contribution in [0.25, 0.3) is 11.1 Å². The smallest absolute Gasteiger partial charge is 0.339 e.